The van der Waals surface area contributed by atoms with Crippen LogP contribution in [0.2, 0.25) is 5.02 Å². The molecular formula is C21H24ClN5. The minimum atomic E-state index is 0.597. The van der Waals surface area contributed by atoms with E-state index in [1.807, 2.05) is 54.7 Å². The van der Waals surface area contributed by atoms with Gasteiger partial charge in [0.2, 0.25) is 0 Å². The zero-order valence-electron chi connectivity index (χ0n) is 15.6. The van der Waals surface area contributed by atoms with Crippen LogP contribution in [0.1, 0.15) is 17.0 Å². The molecule has 0 radical (unpaired) electrons. The highest BCUT2D eigenvalue weighted by Crippen LogP contribution is 2.16. The van der Waals surface area contributed by atoms with Gasteiger partial charge in [-0.15, -0.1) is 0 Å². The predicted molar refractivity (Wildman–Crippen MR) is 111 cm³/mol. The van der Waals surface area contributed by atoms with Crippen LogP contribution in [-0.4, -0.2) is 34.5 Å². The molecule has 5 nitrogen and oxygen atoms in total. The molecule has 140 valence electrons. The van der Waals surface area contributed by atoms with Gasteiger partial charge in [-0.3, -0.25) is 4.99 Å². The molecule has 0 saturated heterocycles. The zero-order chi connectivity index (χ0) is 19.1. The zero-order valence-corrected chi connectivity index (χ0v) is 16.4. The standard InChI is InChI=1S/C21H24ClN5/c1-23-21(26(2)16-18-10-6-7-11-19(18)22)25-14-20-24-12-13-27(20)15-17-8-4-3-5-9-17/h3-13H,14-16H2,1-2H3,(H,23,25). The number of aliphatic imine (C=N–C) groups is 1. The van der Waals surface area contributed by atoms with Crippen LogP contribution < -0.4 is 5.32 Å². The van der Waals surface area contributed by atoms with Gasteiger partial charge in [-0.1, -0.05) is 60.1 Å². The van der Waals surface area contributed by atoms with Crippen molar-refractivity contribution in [1.29, 1.82) is 0 Å². The molecule has 0 fully saturated rings. The van der Waals surface area contributed by atoms with Crippen molar-refractivity contribution in [2.24, 2.45) is 4.99 Å². The third-order valence-electron chi connectivity index (χ3n) is 4.34. The number of benzene rings is 2. The third-order valence-corrected chi connectivity index (χ3v) is 4.71. The highest BCUT2D eigenvalue weighted by atomic mass is 35.5. The molecular weight excluding hydrogens is 358 g/mol. The lowest BCUT2D eigenvalue weighted by molar-refractivity contribution is 0.474. The maximum absolute atomic E-state index is 6.27. The van der Waals surface area contributed by atoms with Gasteiger partial charge in [0.25, 0.3) is 0 Å². The molecule has 0 aliphatic heterocycles. The van der Waals surface area contributed by atoms with E-state index in [4.69, 9.17) is 11.6 Å². The van der Waals surface area contributed by atoms with Crippen molar-refractivity contribution in [3.05, 3.63) is 89.0 Å². The third kappa shape index (κ3) is 5.11. The van der Waals surface area contributed by atoms with E-state index in [0.29, 0.717) is 13.1 Å². The van der Waals surface area contributed by atoms with Crippen molar-refractivity contribution in [2.75, 3.05) is 14.1 Å². The Morgan fingerprint density at radius 2 is 1.89 bits per heavy atom. The number of rotatable bonds is 6. The summed E-state index contributed by atoms with van der Waals surface area (Å²) in [5.74, 6) is 1.76. The molecule has 3 aromatic rings. The van der Waals surface area contributed by atoms with E-state index in [2.05, 4.69) is 44.1 Å². The average Bonchev–Trinajstić information content (AvgIpc) is 3.12. The fourth-order valence-electron chi connectivity index (χ4n) is 2.93. The number of imidazole rings is 1. The van der Waals surface area contributed by atoms with Gasteiger partial charge in [0.15, 0.2) is 5.96 Å². The molecule has 0 aliphatic carbocycles. The Bertz CT molecular complexity index is 888. The van der Waals surface area contributed by atoms with Crippen molar-refractivity contribution in [1.82, 2.24) is 19.8 Å². The number of nitrogens with zero attached hydrogens (tertiary/aromatic N) is 4. The summed E-state index contributed by atoms with van der Waals surface area (Å²) in [6, 6.07) is 18.2. The van der Waals surface area contributed by atoms with E-state index < -0.39 is 0 Å². The molecule has 0 unspecified atom stereocenters. The highest BCUT2D eigenvalue weighted by molar-refractivity contribution is 6.31. The van der Waals surface area contributed by atoms with E-state index in [-0.39, 0.29) is 0 Å². The van der Waals surface area contributed by atoms with E-state index in [9.17, 15) is 0 Å². The summed E-state index contributed by atoms with van der Waals surface area (Å²) >= 11 is 6.27. The molecule has 1 aromatic heterocycles. The first kappa shape index (κ1) is 19.0. The molecule has 0 bridgehead atoms. The lowest BCUT2D eigenvalue weighted by Crippen LogP contribution is -2.38. The first-order valence-electron chi connectivity index (χ1n) is 8.86. The molecule has 0 aliphatic rings. The minimum absolute atomic E-state index is 0.597. The lowest BCUT2D eigenvalue weighted by atomic mass is 10.2. The number of guanidine groups is 1. The molecule has 2 aromatic carbocycles. The summed E-state index contributed by atoms with van der Waals surface area (Å²) in [7, 11) is 3.77. The molecule has 27 heavy (non-hydrogen) atoms. The van der Waals surface area contributed by atoms with Crippen LogP contribution in [0.15, 0.2) is 72.0 Å². The van der Waals surface area contributed by atoms with E-state index in [1.54, 1.807) is 7.05 Å². The molecule has 0 atom stereocenters. The summed E-state index contributed by atoms with van der Waals surface area (Å²) in [6.07, 6.45) is 3.83. The Kier molecular flexibility index (Phi) is 6.49. The van der Waals surface area contributed by atoms with Crippen LogP contribution >= 0.6 is 11.6 Å². The van der Waals surface area contributed by atoms with E-state index in [0.717, 1.165) is 28.9 Å². The van der Waals surface area contributed by atoms with Gasteiger partial charge in [-0.2, -0.15) is 0 Å². The Labute approximate surface area is 165 Å². The maximum Gasteiger partial charge on any atom is 0.194 e. The monoisotopic (exact) mass is 381 g/mol. The topological polar surface area (TPSA) is 45.5 Å². The van der Waals surface area contributed by atoms with E-state index in [1.165, 1.54) is 5.56 Å². The van der Waals surface area contributed by atoms with Crippen molar-refractivity contribution in [2.45, 2.75) is 19.6 Å². The van der Waals surface area contributed by atoms with Gasteiger partial charge in [0, 0.05) is 44.6 Å². The number of halogens is 1. The second-order valence-corrected chi connectivity index (χ2v) is 6.71. The van der Waals surface area contributed by atoms with Gasteiger partial charge in [0.05, 0.1) is 6.54 Å². The van der Waals surface area contributed by atoms with Crippen molar-refractivity contribution in [3.8, 4) is 0 Å². The molecule has 0 saturated carbocycles. The van der Waals surface area contributed by atoms with E-state index >= 15 is 0 Å². The Hall–Kier alpha value is -2.79. The number of hydrogen-bond donors (Lipinski definition) is 1. The molecule has 0 amide bonds. The fourth-order valence-corrected chi connectivity index (χ4v) is 3.13. The first-order chi connectivity index (χ1) is 13.2. The normalized spacial score (nSPS) is 11.4. The number of aromatic nitrogens is 2. The first-order valence-corrected chi connectivity index (χ1v) is 9.24. The molecule has 6 heteroatoms. The molecule has 0 spiro atoms. The summed E-state index contributed by atoms with van der Waals surface area (Å²) in [4.78, 5) is 10.9. The van der Waals surface area contributed by atoms with Gasteiger partial charge in [-0.05, 0) is 17.2 Å². The van der Waals surface area contributed by atoms with Crippen LogP contribution in [0.25, 0.3) is 0 Å². The van der Waals surface area contributed by atoms with Crippen LogP contribution in [0, 0.1) is 0 Å². The van der Waals surface area contributed by atoms with Crippen molar-refractivity contribution >= 4 is 17.6 Å². The van der Waals surface area contributed by atoms with Crippen molar-refractivity contribution < 1.29 is 0 Å². The molecule has 3 rings (SSSR count). The summed E-state index contributed by atoms with van der Waals surface area (Å²) in [5, 5.41) is 4.15. The molecule has 1 heterocycles. The Morgan fingerprint density at radius 1 is 1.15 bits per heavy atom. The Balaban J connectivity index is 1.62. The lowest BCUT2D eigenvalue weighted by Gasteiger charge is -2.22. The van der Waals surface area contributed by atoms with Crippen LogP contribution in [0.3, 0.4) is 0 Å². The average molecular weight is 382 g/mol. The maximum atomic E-state index is 6.27. The minimum Gasteiger partial charge on any atom is -0.349 e. The highest BCUT2D eigenvalue weighted by Gasteiger charge is 2.10. The Morgan fingerprint density at radius 3 is 2.63 bits per heavy atom. The number of hydrogen-bond acceptors (Lipinski definition) is 2. The van der Waals surface area contributed by atoms with Gasteiger partial charge in [-0.25, -0.2) is 4.98 Å². The van der Waals surface area contributed by atoms with Crippen LogP contribution in [0.5, 0.6) is 0 Å². The largest absolute Gasteiger partial charge is 0.349 e. The SMILES string of the molecule is CN=C(NCc1nccn1Cc1ccccc1)N(C)Cc1ccccc1Cl. The van der Waals surface area contributed by atoms with Crippen LogP contribution in [0.4, 0.5) is 0 Å². The van der Waals surface area contributed by atoms with Gasteiger partial charge in [0.1, 0.15) is 5.82 Å². The van der Waals surface area contributed by atoms with Gasteiger partial charge < -0.3 is 14.8 Å². The predicted octanol–water partition coefficient (Wildman–Crippen LogP) is 3.79. The second kappa shape index (κ2) is 9.24. The van der Waals surface area contributed by atoms with Crippen molar-refractivity contribution in [3.63, 3.8) is 0 Å². The fraction of sp³-hybridized carbons (Fsp3) is 0.238. The quantitative estimate of drug-likeness (QED) is 0.522. The summed E-state index contributed by atoms with van der Waals surface area (Å²) in [6.45, 7) is 2.07. The second-order valence-electron chi connectivity index (χ2n) is 6.31. The van der Waals surface area contributed by atoms with Crippen LogP contribution in [-0.2, 0) is 19.6 Å². The smallest absolute Gasteiger partial charge is 0.194 e. The summed E-state index contributed by atoms with van der Waals surface area (Å²) in [5.41, 5.74) is 2.31. The summed E-state index contributed by atoms with van der Waals surface area (Å²) < 4.78 is 2.14. The molecule has 1 N–H and O–H groups in total. The number of nitrogens with one attached hydrogen (secondary N) is 1. The van der Waals surface area contributed by atoms with Gasteiger partial charge >= 0.3 is 0 Å².